The summed E-state index contributed by atoms with van der Waals surface area (Å²) in [7, 11) is 0. The number of hydrogen-bond acceptors (Lipinski definition) is 3. The Labute approximate surface area is 82.9 Å². The van der Waals surface area contributed by atoms with Gasteiger partial charge in [-0.25, -0.2) is 0 Å². The van der Waals surface area contributed by atoms with Crippen LogP contribution in [0.2, 0.25) is 0 Å². The second-order valence-electron chi connectivity index (χ2n) is 3.62. The summed E-state index contributed by atoms with van der Waals surface area (Å²) in [6.45, 7) is 1.91. The quantitative estimate of drug-likeness (QED) is 0.614. The Kier molecular flexibility index (Phi) is 3.46. The highest BCUT2D eigenvalue weighted by molar-refractivity contribution is 5.88. The third-order valence-electron chi connectivity index (χ3n) is 2.47. The van der Waals surface area contributed by atoms with Gasteiger partial charge in [0.05, 0.1) is 0 Å². The number of aliphatic hydroxyl groups excluding tert-OH is 1. The van der Waals surface area contributed by atoms with Crippen LogP contribution in [-0.2, 0) is 9.59 Å². The largest absolute Gasteiger partial charge is 0.384 e. The minimum absolute atomic E-state index is 0.409. The summed E-state index contributed by atoms with van der Waals surface area (Å²) in [5.41, 5.74) is 5.18. The molecule has 5 heteroatoms. The zero-order valence-corrected chi connectivity index (χ0v) is 8.27. The van der Waals surface area contributed by atoms with Crippen LogP contribution in [0.3, 0.4) is 0 Å². The van der Waals surface area contributed by atoms with Crippen molar-refractivity contribution >= 4 is 11.8 Å². The highest BCUT2D eigenvalue weighted by Gasteiger charge is 2.32. The van der Waals surface area contributed by atoms with Gasteiger partial charge in [-0.1, -0.05) is 0 Å². The average molecular weight is 200 g/mol. The molecule has 0 spiro atoms. The van der Waals surface area contributed by atoms with Crippen molar-refractivity contribution in [3.05, 3.63) is 0 Å². The Morgan fingerprint density at radius 1 is 1.50 bits per heavy atom. The molecule has 2 amide bonds. The van der Waals surface area contributed by atoms with Crippen LogP contribution in [0.4, 0.5) is 0 Å². The molecular weight excluding hydrogens is 184 g/mol. The van der Waals surface area contributed by atoms with E-state index < -0.39 is 24.0 Å². The van der Waals surface area contributed by atoms with Gasteiger partial charge in [0.1, 0.15) is 12.1 Å². The topological polar surface area (TPSA) is 83.6 Å². The molecule has 14 heavy (non-hydrogen) atoms. The first-order valence-corrected chi connectivity index (χ1v) is 4.82. The smallest absolute Gasteiger partial charge is 0.251 e. The summed E-state index contributed by atoms with van der Waals surface area (Å²) >= 11 is 0. The third-order valence-corrected chi connectivity index (χ3v) is 2.47. The molecule has 80 valence electrons. The van der Waals surface area contributed by atoms with Gasteiger partial charge >= 0.3 is 0 Å². The van der Waals surface area contributed by atoms with Crippen molar-refractivity contribution in [2.45, 2.75) is 38.3 Å². The lowest BCUT2D eigenvalue weighted by Crippen LogP contribution is -2.52. The molecule has 5 nitrogen and oxygen atoms in total. The number of hydrogen-bond donors (Lipinski definition) is 2. The fourth-order valence-electron chi connectivity index (χ4n) is 1.73. The van der Waals surface area contributed by atoms with Gasteiger partial charge in [-0.15, -0.1) is 0 Å². The Hall–Kier alpha value is -1.10. The Bertz CT molecular complexity index is 240. The van der Waals surface area contributed by atoms with E-state index in [1.165, 1.54) is 11.8 Å². The first-order chi connectivity index (χ1) is 6.54. The molecule has 1 saturated heterocycles. The average Bonchev–Trinajstić information content (AvgIpc) is 2.16. The summed E-state index contributed by atoms with van der Waals surface area (Å²) in [5, 5.41) is 9.13. The number of primary amides is 1. The van der Waals surface area contributed by atoms with E-state index in [1.807, 2.05) is 0 Å². The van der Waals surface area contributed by atoms with Crippen LogP contribution < -0.4 is 5.73 Å². The third kappa shape index (κ3) is 2.23. The summed E-state index contributed by atoms with van der Waals surface area (Å²) in [6, 6.07) is -0.536. The molecule has 0 aliphatic carbocycles. The second-order valence-corrected chi connectivity index (χ2v) is 3.62. The molecule has 0 aromatic heterocycles. The fourth-order valence-corrected chi connectivity index (χ4v) is 1.73. The molecule has 1 aliphatic rings. The zero-order chi connectivity index (χ0) is 10.7. The molecule has 0 saturated carbocycles. The standard InChI is InChI=1S/C9H16N2O3/c1-6(12)9(14)11-5-3-2-4-7(11)8(10)13/h6-7,12H,2-5H2,1H3,(H2,10,13)/t6-,7+/m0/s1. The van der Waals surface area contributed by atoms with Crippen LogP contribution in [-0.4, -0.2) is 40.5 Å². The Morgan fingerprint density at radius 3 is 2.64 bits per heavy atom. The van der Waals surface area contributed by atoms with E-state index in [9.17, 15) is 9.59 Å². The molecule has 0 unspecified atom stereocenters. The second kappa shape index (κ2) is 4.41. The van der Waals surface area contributed by atoms with Crippen molar-refractivity contribution in [3.8, 4) is 0 Å². The fraction of sp³-hybridized carbons (Fsp3) is 0.778. The minimum Gasteiger partial charge on any atom is -0.384 e. The van der Waals surface area contributed by atoms with Crippen molar-refractivity contribution < 1.29 is 14.7 Å². The van der Waals surface area contributed by atoms with Crippen molar-refractivity contribution in [1.82, 2.24) is 4.90 Å². The summed E-state index contributed by atoms with van der Waals surface area (Å²) in [6.07, 6.45) is 1.31. The maximum atomic E-state index is 11.5. The number of nitrogens with zero attached hydrogens (tertiary/aromatic N) is 1. The molecule has 0 radical (unpaired) electrons. The van der Waals surface area contributed by atoms with Gasteiger partial charge in [-0.05, 0) is 26.2 Å². The number of carbonyl (C=O) groups is 2. The number of rotatable bonds is 2. The van der Waals surface area contributed by atoms with Crippen LogP contribution in [0.25, 0.3) is 0 Å². The number of piperidine rings is 1. The predicted molar refractivity (Wildman–Crippen MR) is 50.2 cm³/mol. The van der Waals surface area contributed by atoms with Crippen LogP contribution in [0.1, 0.15) is 26.2 Å². The summed E-state index contributed by atoms with van der Waals surface area (Å²) in [4.78, 5) is 23.9. The Morgan fingerprint density at radius 2 is 2.14 bits per heavy atom. The number of amides is 2. The maximum Gasteiger partial charge on any atom is 0.251 e. The minimum atomic E-state index is -1.06. The van der Waals surface area contributed by atoms with Gasteiger partial charge in [-0.3, -0.25) is 9.59 Å². The SMILES string of the molecule is C[C@H](O)C(=O)N1CCCC[C@@H]1C(N)=O. The van der Waals surface area contributed by atoms with Gasteiger partial charge < -0.3 is 15.7 Å². The molecule has 0 aromatic carbocycles. The molecular formula is C9H16N2O3. The molecule has 3 N–H and O–H groups in total. The van der Waals surface area contributed by atoms with Gasteiger partial charge in [0.25, 0.3) is 5.91 Å². The van der Waals surface area contributed by atoms with E-state index in [0.717, 1.165) is 12.8 Å². The lowest BCUT2D eigenvalue weighted by molar-refractivity contribution is -0.147. The van der Waals surface area contributed by atoms with Crippen LogP contribution in [0.15, 0.2) is 0 Å². The van der Waals surface area contributed by atoms with Gasteiger partial charge in [0, 0.05) is 6.54 Å². The van der Waals surface area contributed by atoms with E-state index >= 15 is 0 Å². The number of aliphatic hydroxyl groups is 1. The number of nitrogens with two attached hydrogens (primary N) is 1. The normalized spacial score (nSPS) is 24.4. The lowest BCUT2D eigenvalue weighted by Gasteiger charge is -2.34. The molecule has 1 rings (SSSR count). The highest BCUT2D eigenvalue weighted by atomic mass is 16.3. The van der Waals surface area contributed by atoms with Crippen molar-refractivity contribution in [2.75, 3.05) is 6.54 Å². The molecule has 0 aromatic rings. The maximum absolute atomic E-state index is 11.5. The van der Waals surface area contributed by atoms with Crippen LogP contribution in [0.5, 0.6) is 0 Å². The summed E-state index contributed by atoms with van der Waals surface area (Å²) in [5.74, 6) is -0.896. The first kappa shape index (κ1) is 11.0. The van der Waals surface area contributed by atoms with E-state index in [4.69, 9.17) is 10.8 Å². The monoisotopic (exact) mass is 200 g/mol. The molecule has 2 atom stereocenters. The molecule has 0 bridgehead atoms. The van der Waals surface area contributed by atoms with Gasteiger partial charge in [-0.2, -0.15) is 0 Å². The van der Waals surface area contributed by atoms with E-state index in [-0.39, 0.29) is 0 Å². The molecule has 1 fully saturated rings. The molecule has 1 heterocycles. The number of likely N-dealkylation sites (tertiary alicyclic amines) is 1. The van der Waals surface area contributed by atoms with Crippen molar-refractivity contribution in [2.24, 2.45) is 5.73 Å². The van der Waals surface area contributed by atoms with Crippen molar-refractivity contribution in [3.63, 3.8) is 0 Å². The Balaban J connectivity index is 2.72. The molecule has 1 aliphatic heterocycles. The van der Waals surface area contributed by atoms with Gasteiger partial charge in [0.2, 0.25) is 5.91 Å². The highest BCUT2D eigenvalue weighted by Crippen LogP contribution is 2.17. The zero-order valence-electron chi connectivity index (χ0n) is 8.27. The summed E-state index contributed by atoms with van der Waals surface area (Å²) < 4.78 is 0. The van der Waals surface area contributed by atoms with E-state index in [1.54, 1.807) is 0 Å². The van der Waals surface area contributed by atoms with Crippen LogP contribution in [0, 0.1) is 0 Å². The van der Waals surface area contributed by atoms with E-state index in [0.29, 0.717) is 13.0 Å². The van der Waals surface area contributed by atoms with Crippen LogP contribution >= 0.6 is 0 Å². The van der Waals surface area contributed by atoms with Gasteiger partial charge in [0.15, 0.2) is 0 Å². The van der Waals surface area contributed by atoms with Crippen molar-refractivity contribution in [1.29, 1.82) is 0 Å². The first-order valence-electron chi connectivity index (χ1n) is 4.82. The number of carbonyl (C=O) groups excluding carboxylic acids is 2. The lowest BCUT2D eigenvalue weighted by atomic mass is 10.0. The van der Waals surface area contributed by atoms with E-state index in [2.05, 4.69) is 0 Å². The predicted octanol–water partition coefficient (Wildman–Crippen LogP) is -0.766.